The summed E-state index contributed by atoms with van der Waals surface area (Å²) in [5.41, 5.74) is 1.27. The fourth-order valence-corrected chi connectivity index (χ4v) is 2.55. The van der Waals surface area contributed by atoms with E-state index in [0.29, 0.717) is 23.7 Å². The van der Waals surface area contributed by atoms with Crippen LogP contribution in [0.5, 0.6) is 11.5 Å². The van der Waals surface area contributed by atoms with E-state index in [-0.39, 0.29) is 24.2 Å². The third-order valence-corrected chi connectivity index (χ3v) is 3.86. The molecule has 140 valence electrons. The second-order valence-corrected chi connectivity index (χ2v) is 6.09. The summed E-state index contributed by atoms with van der Waals surface area (Å²) in [6.07, 6.45) is 4.19. The van der Waals surface area contributed by atoms with Crippen LogP contribution >= 0.6 is 0 Å². The number of carbonyl (C=O) groups excluding carboxylic acids is 1. The molecule has 0 saturated carbocycles. The number of hydrogen-bond donors (Lipinski definition) is 1. The first kappa shape index (κ1) is 18.4. The first-order valence-corrected chi connectivity index (χ1v) is 8.56. The normalized spacial score (nSPS) is 11.6. The molecule has 1 atom stereocenters. The maximum atomic E-state index is 12.3. The number of pyridine rings is 1. The number of nitrogens with zero attached hydrogens (tertiary/aromatic N) is 2. The van der Waals surface area contributed by atoms with Crippen molar-refractivity contribution in [1.29, 1.82) is 0 Å². The molecule has 0 aliphatic rings. The topological polar surface area (TPSA) is 86.5 Å². The summed E-state index contributed by atoms with van der Waals surface area (Å²) in [5, 5.41) is 6.72. The summed E-state index contributed by atoms with van der Waals surface area (Å²) < 4.78 is 16.0. The van der Waals surface area contributed by atoms with Crippen molar-refractivity contribution in [2.45, 2.75) is 26.0 Å². The molecule has 0 spiro atoms. The van der Waals surface area contributed by atoms with Crippen LogP contribution in [-0.2, 0) is 13.0 Å². The quantitative estimate of drug-likeness (QED) is 0.659. The Bertz CT molecular complexity index is 880. The Morgan fingerprint density at radius 1 is 1.22 bits per heavy atom. The minimum absolute atomic E-state index is 0.0603. The predicted octanol–water partition coefficient (Wildman–Crippen LogP) is 3.02. The Labute approximate surface area is 157 Å². The molecule has 0 radical (unpaired) electrons. The van der Waals surface area contributed by atoms with E-state index in [1.165, 1.54) is 0 Å². The SMILES string of the molecule is COc1cccc(OCc2cc(C(=O)NC(C)Cc3cccnc3)no2)c1. The lowest BCUT2D eigenvalue weighted by Gasteiger charge is -2.12. The van der Waals surface area contributed by atoms with Gasteiger partial charge in [-0.05, 0) is 37.1 Å². The van der Waals surface area contributed by atoms with Crippen LogP contribution in [0.4, 0.5) is 0 Å². The molecular weight excluding hydrogens is 346 g/mol. The summed E-state index contributed by atoms with van der Waals surface area (Å²) in [5.74, 6) is 1.51. The first-order valence-electron chi connectivity index (χ1n) is 8.56. The van der Waals surface area contributed by atoms with E-state index in [2.05, 4.69) is 15.5 Å². The van der Waals surface area contributed by atoms with E-state index >= 15 is 0 Å². The Kier molecular flexibility index (Phi) is 6.04. The molecule has 1 amide bonds. The highest BCUT2D eigenvalue weighted by Gasteiger charge is 2.15. The van der Waals surface area contributed by atoms with Crippen LogP contribution in [0, 0.1) is 0 Å². The number of nitrogens with one attached hydrogen (secondary N) is 1. The molecule has 1 N–H and O–H groups in total. The minimum Gasteiger partial charge on any atom is -0.497 e. The zero-order chi connectivity index (χ0) is 19.1. The van der Waals surface area contributed by atoms with Crippen LogP contribution < -0.4 is 14.8 Å². The van der Waals surface area contributed by atoms with Crippen molar-refractivity contribution in [3.05, 3.63) is 71.9 Å². The van der Waals surface area contributed by atoms with Crippen molar-refractivity contribution >= 4 is 5.91 Å². The van der Waals surface area contributed by atoms with E-state index in [4.69, 9.17) is 14.0 Å². The Morgan fingerprint density at radius 2 is 2.07 bits per heavy atom. The largest absolute Gasteiger partial charge is 0.497 e. The average Bonchev–Trinajstić information content (AvgIpc) is 3.16. The van der Waals surface area contributed by atoms with Gasteiger partial charge in [-0.25, -0.2) is 0 Å². The maximum absolute atomic E-state index is 12.3. The van der Waals surface area contributed by atoms with Crippen molar-refractivity contribution in [3.63, 3.8) is 0 Å². The molecule has 7 nitrogen and oxygen atoms in total. The molecule has 27 heavy (non-hydrogen) atoms. The van der Waals surface area contributed by atoms with E-state index in [0.717, 1.165) is 5.56 Å². The van der Waals surface area contributed by atoms with Crippen molar-refractivity contribution in [3.8, 4) is 11.5 Å². The lowest BCUT2D eigenvalue weighted by molar-refractivity contribution is 0.0930. The highest BCUT2D eigenvalue weighted by Crippen LogP contribution is 2.20. The molecule has 0 aliphatic heterocycles. The zero-order valence-electron chi connectivity index (χ0n) is 15.2. The van der Waals surface area contributed by atoms with Crippen LogP contribution in [0.15, 0.2) is 59.4 Å². The van der Waals surface area contributed by atoms with Crippen molar-refractivity contribution in [2.75, 3.05) is 7.11 Å². The van der Waals surface area contributed by atoms with Gasteiger partial charge in [-0.1, -0.05) is 17.3 Å². The molecule has 0 bridgehead atoms. The Balaban J connectivity index is 1.52. The smallest absolute Gasteiger partial charge is 0.273 e. The van der Waals surface area contributed by atoms with Gasteiger partial charge in [0.05, 0.1) is 7.11 Å². The fourth-order valence-electron chi connectivity index (χ4n) is 2.55. The molecule has 0 saturated heterocycles. The molecule has 3 rings (SSSR count). The zero-order valence-corrected chi connectivity index (χ0v) is 15.2. The van der Waals surface area contributed by atoms with Crippen LogP contribution in [0.25, 0.3) is 0 Å². The average molecular weight is 367 g/mol. The molecule has 0 fully saturated rings. The van der Waals surface area contributed by atoms with Crippen LogP contribution in [-0.4, -0.2) is 29.2 Å². The molecular formula is C20H21N3O4. The van der Waals surface area contributed by atoms with Crippen molar-refractivity contribution in [2.24, 2.45) is 0 Å². The first-order chi connectivity index (χ1) is 13.1. The third kappa shape index (κ3) is 5.31. The number of benzene rings is 1. The Hall–Kier alpha value is -3.35. The van der Waals surface area contributed by atoms with Gasteiger partial charge < -0.3 is 19.3 Å². The van der Waals surface area contributed by atoms with Gasteiger partial charge in [0, 0.05) is 30.6 Å². The number of hydrogen-bond acceptors (Lipinski definition) is 6. The van der Waals surface area contributed by atoms with Gasteiger partial charge in [0.1, 0.15) is 18.1 Å². The van der Waals surface area contributed by atoms with Gasteiger partial charge in [-0.15, -0.1) is 0 Å². The van der Waals surface area contributed by atoms with Gasteiger partial charge in [-0.2, -0.15) is 0 Å². The maximum Gasteiger partial charge on any atom is 0.273 e. The molecule has 7 heteroatoms. The minimum atomic E-state index is -0.289. The van der Waals surface area contributed by atoms with E-state index in [1.807, 2.05) is 37.3 Å². The lowest BCUT2D eigenvalue weighted by Crippen LogP contribution is -2.34. The molecule has 1 unspecified atom stereocenters. The van der Waals surface area contributed by atoms with Crippen LogP contribution in [0.2, 0.25) is 0 Å². The second kappa shape index (κ2) is 8.84. The predicted molar refractivity (Wildman–Crippen MR) is 98.7 cm³/mol. The summed E-state index contributed by atoms with van der Waals surface area (Å²) in [6, 6.07) is 12.6. The van der Waals surface area contributed by atoms with Gasteiger partial charge in [0.15, 0.2) is 11.5 Å². The summed E-state index contributed by atoms with van der Waals surface area (Å²) >= 11 is 0. The van der Waals surface area contributed by atoms with Crippen molar-refractivity contribution in [1.82, 2.24) is 15.5 Å². The van der Waals surface area contributed by atoms with Gasteiger partial charge in [-0.3, -0.25) is 9.78 Å². The van der Waals surface area contributed by atoms with Gasteiger partial charge in [0.25, 0.3) is 5.91 Å². The number of amides is 1. The number of aromatic nitrogens is 2. The number of rotatable bonds is 8. The van der Waals surface area contributed by atoms with E-state index < -0.39 is 0 Å². The highest BCUT2D eigenvalue weighted by molar-refractivity contribution is 5.92. The van der Waals surface area contributed by atoms with Crippen LogP contribution in [0.1, 0.15) is 28.7 Å². The lowest BCUT2D eigenvalue weighted by atomic mass is 10.1. The summed E-state index contributed by atoms with van der Waals surface area (Å²) in [4.78, 5) is 16.4. The second-order valence-electron chi connectivity index (χ2n) is 6.09. The van der Waals surface area contributed by atoms with Crippen molar-refractivity contribution < 1.29 is 18.8 Å². The summed E-state index contributed by atoms with van der Waals surface area (Å²) in [6.45, 7) is 2.09. The highest BCUT2D eigenvalue weighted by atomic mass is 16.5. The number of methoxy groups -OCH3 is 1. The molecule has 3 aromatic rings. The monoisotopic (exact) mass is 367 g/mol. The van der Waals surface area contributed by atoms with E-state index in [1.54, 1.807) is 31.6 Å². The molecule has 2 aromatic heterocycles. The fraction of sp³-hybridized carbons (Fsp3) is 0.250. The number of carbonyl (C=O) groups is 1. The summed E-state index contributed by atoms with van der Waals surface area (Å²) in [7, 11) is 1.59. The Morgan fingerprint density at radius 3 is 2.85 bits per heavy atom. The molecule has 0 aliphatic carbocycles. The van der Waals surface area contributed by atoms with E-state index in [9.17, 15) is 4.79 Å². The molecule has 1 aromatic carbocycles. The third-order valence-electron chi connectivity index (χ3n) is 3.86. The number of ether oxygens (including phenoxy) is 2. The standard InChI is InChI=1S/C20H21N3O4/c1-14(9-15-5-4-8-21-12-15)22-20(24)19-11-18(27-23-19)13-26-17-7-3-6-16(10-17)25-2/h3-8,10-12,14H,9,13H2,1-2H3,(H,22,24). The van der Waals surface area contributed by atoms with Gasteiger partial charge in [0.2, 0.25) is 0 Å². The van der Waals surface area contributed by atoms with Crippen LogP contribution in [0.3, 0.4) is 0 Å². The molecule has 2 heterocycles. The van der Waals surface area contributed by atoms with Gasteiger partial charge >= 0.3 is 0 Å².